The van der Waals surface area contributed by atoms with Crippen LogP contribution in [-0.2, 0) is 13.0 Å². The number of benzene rings is 2. The van der Waals surface area contributed by atoms with E-state index in [9.17, 15) is 9.18 Å². The molecule has 0 fully saturated rings. The number of H-pyrrole nitrogens is 1. The second-order valence-electron chi connectivity index (χ2n) is 5.88. The fourth-order valence-electron chi connectivity index (χ4n) is 3.09. The summed E-state index contributed by atoms with van der Waals surface area (Å²) in [5.41, 5.74) is 2.90. The molecule has 25 heavy (non-hydrogen) atoms. The van der Waals surface area contributed by atoms with E-state index in [-0.39, 0.29) is 11.7 Å². The van der Waals surface area contributed by atoms with Crippen LogP contribution in [0.3, 0.4) is 0 Å². The van der Waals surface area contributed by atoms with Crippen molar-refractivity contribution in [1.29, 1.82) is 0 Å². The summed E-state index contributed by atoms with van der Waals surface area (Å²) in [4.78, 5) is 18.8. The quantitative estimate of drug-likeness (QED) is 0.714. The van der Waals surface area contributed by atoms with Gasteiger partial charge < -0.3 is 4.90 Å². The van der Waals surface area contributed by atoms with Gasteiger partial charge in [-0.25, -0.2) is 9.37 Å². The minimum absolute atomic E-state index is 0.0804. The normalized spacial score (nSPS) is 13.6. The van der Waals surface area contributed by atoms with E-state index in [2.05, 4.69) is 31.1 Å². The Morgan fingerprint density at radius 2 is 2.12 bits per heavy atom. The largest absolute Gasteiger partial charge is 0.334 e. The zero-order valence-electron chi connectivity index (χ0n) is 13.2. The average Bonchev–Trinajstić information content (AvgIpc) is 3.19. The van der Waals surface area contributed by atoms with Crippen LogP contribution in [0.15, 0.2) is 47.2 Å². The molecular formula is C18H14BrFN4O. The number of hydrogen-bond acceptors (Lipinski definition) is 3. The van der Waals surface area contributed by atoms with E-state index in [4.69, 9.17) is 0 Å². The Labute approximate surface area is 152 Å². The van der Waals surface area contributed by atoms with Crippen LogP contribution in [-0.4, -0.2) is 32.5 Å². The minimum Gasteiger partial charge on any atom is -0.334 e. The first-order valence-corrected chi connectivity index (χ1v) is 8.63. The Balaban J connectivity index is 1.62. The molecule has 0 bridgehead atoms. The molecule has 2 heterocycles. The van der Waals surface area contributed by atoms with E-state index in [0.29, 0.717) is 36.5 Å². The number of carbonyl (C=O) groups is 1. The topological polar surface area (TPSA) is 61.9 Å². The van der Waals surface area contributed by atoms with Crippen LogP contribution in [0.5, 0.6) is 0 Å². The van der Waals surface area contributed by atoms with Gasteiger partial charge in [0.05, 0.1) is 0 Å². The van der Waals surface area contributed by atoms with E-state index in [1.807, 2.05) is 12.1 Å². The molecule has 3 aromatic rings. The van der Waals surface area contributed by atoms with Gasteiger partial charge in [-0.3, -0.25) is 9.89 Å². The third-order valence-electron chi connectivity index (χ3n) is 4.38. The van der Waals surface area contributed by atoms with E-state index in [1.54, 1.807) is 23.1 Å². The van der Waals surface area contributed by atoms with Gasteiger partial charge in [-0.1, -0.05) is 28.1 Å². The average molecular weight is 401 g/mol. The Bertz CT molecular complexity index is 942. The summed E-state index contributed by atoms with van der Waals surface area (Å²) in [5.74, 6) is 0.323. The molecule has 0 unspecified atom stereocenters. The van der Waals surface area contributed by atoms with E-state index in [0.717, 1.165) is 15.6 Å². The lowest BCUT2D eigenvalue weighted by atomic mass is 9.98. The van der Waals surface area contributed by atoms with Crippen LogP contribution in [0.1, 0.15) is 21.5 Å². The fraction of sp³-hybridized carbons (Fsp3) is 0.167. The summed E-state index contributed by atoms with van der Waals surface area (Å²) in [6.07, 6.45) is 1.94. The Hall–Kier alpha value is -2.54. The van der Waals surface area contributed by atoms with Crippen molar-refractivity contribution in [3.05, 3.63) is 69.7 Å². The number of aromatic amines is 1. The lowest BCUT2D eigenvalue weighted by Crippen LogP contribution is -2.36. The molecule has 5 nitrogen and oxygen atoms in total. The van der Waals surface area contributed by atoms with Crippen molar-refractivity contribution >= 4 is 21.8 Å². The summed E-state index contributed by atoms with van der Waals surface area (Å²) in [7, 11) is 0. The zero-order chi connectivity index (χ0) is 17.4. The van der Waals surface area contributed by atoms with Crippen molar-refractivity contribution in [3.63, 3.8) is 0 Å². The first kappa shape index (κ1) is 16.0. The van der Waals surface area contributed by atoms with Crippen LogP contribution in [0.4, 0.5) is 4.39 Å². The van der Waals surface area contributed by atoms with E-state index >= 15 is 0 Å². The number of nitrogens with zero attached hydrogens (tertiary/aromatic N) is 3. The third-order valence-corrected chi connectivity index (χ3v) is 5.13. The molecule has 126 valence electrons. The van der Waals surface area contributed by atoms with Gasteiger partial charge >= 0.3 is 0 Å². The first-order chi connectivity index (χ1) is 12.1. The van der Waals surface area contributed by atoms with Gasteiger partial charge in [0.1, 0.15) is 12.1 Å². The van der Waals surface area contributed by atoms with Crippen molar-refractivity contribution in [2.24, 2.45) is 0 Å². The van der Waals surface area contributed by atoms with Crippen molar-refractivity contribution in [2.45, 2.75) is 13.0 Å². The SMILES string of the molecule is O=C(c1cccc(-c2ncn[nH]2)c1)N1CCc2c(F)ccc(Br)c2C1. The van der Waals surface area contributed by atoms with Gasteiger partial charge in [0.2, 0.25) is 0 Å². The fourth-order valence-corrected chi connectivity index (χ4v) is 3.59. The number of amides is 1. The molecule has 1 aliphatic rings. The zero-order valence-corrected chi connectivity index (χ0v) is 14.8. The molecule has 2 aromatic carbocycles. The maximum Gasteiger partial charge on any atom is 0.254 e. The molecule has 7 heteroatoms. The monoisotopic (exact) mass is 400 g/mol. The number of rotatable bonds is 2. The number of aromatic nitrogens is 3. The van der Waals surface area contributed by atoms with Gasteiger partial charge in [0.15, 0.2) is 5.82 Å². The number of nitrogens with one attached hydrogen (secondary N) is 1. The lowest BCUT2D eigenvalue weighted by Gasteiger charge is -2.30. The lowest BCUT2D eigenvalue weighted by molar-refractivity contribution is 0.0733. The number of halogens is 2. The molecule has 0 radical (unpaired) electrons. The van der Waals surface area contributed by atoms with Crippen LogP contribution in [0, 0.1) is 5.82 Å². The van der Waals surface area contributed by atoms with Crippen LogP contribution in [0.25, 0.3) is 11.4 Å². The van der Waals surface area contributed by atoms with Crippen molar-refractivity contribution in [1.82, 2.24) is 20.1 Å². The van der Waals surface area contributed by atoms with Crippen LogP contribution >= 0.6 is 15.9 Å². The van der Waals surface area contributed by atoms with E-state index in [1.165, 1.54) is 12.4 Å². The minimum atomic E-state index is -0.211. The number of hydrogen-bond donors (Lipinski definition) is 1. The van der Waals surface area contributed by atoms with Gasteiger partial charge in [-0.15, -0.1) is 0 Å². The molecular weight excluding hydrogens is 387 g/mol. The molecule has 0 spiro atoms. The summed E-state index contributed by atoms with van der Waals surface area (Å²) >= 11 is 3.46. The highest BCUT2D eigenvalue weighted by Crippen LogP contribution is 2.29. The highest BCUT2D eigenvalue weighted by Gasteiger charge is 2.25. The summed E-state index contributed by atoms with van der Waals surface area (Å²) in [6, 6.07) is 10.4. The molecule has 0 saturated carbocycles. The highest BCUT2D eigenvalue weighted by atomic mass is 79.9. The van der Waals surface area contributed by atoms with Crippen molar-refractivity contribution in [2.75, 3.05) is 6.54 Å². The molecule has 0 aliphatic carbocycles. The third kappa shape index (κ3) is 2.95. The molecule has 1 N–H and O–H groups in total. The predicted octanol–water partition coefficient (Wildman–Crippen LogP) is 3.57. The molecule has 1 aromatic heterocycles. The van der Waals surface area contributed by atoms with Gasteiger partial charge in [0.25, 0.3) is 5.91 Å². The van der Waals surface area contributed by atoms with Crippen LogP contribution < -0.4 is 0 Å². The van der Waals surface area contributed by atoms with Gasteiger partial charge in [-0.2, -0.15) is 5.10 Å². The summed E-state index contributed by atoms with van der Waals surface area (Å²) in [6.45, 7) is 0.880. The standard InChI is InChI=1S/C18H14BrFN4O/c19-15-4-5-16(20)13-6-7-24(9-14(13)15)18(25)12-3-1-2-11(8-12)17-21-10-22-23-17/h1-5,8,10H,6-7,9H2,(H,21,22,23). The smallest absolute Gasteiger partial charge is 0.254 e. The maximum absolute atomic E-state index is 14.0. The highest BCUT2D eigenvalue weighted by molar-refractivity contribution is 9.10. The second-order valence-corrected chi connectivity index (χ2v) is 6.73. The number of carbonyl (C=O) groups excluding carboxylic acids is 1. The number of fused-ring (bicyclic) bond motifs is 1. The maximum atomic E-state index is 14.0. The van der Waals surface area contributed by atoms with E-state index < -0.39 is 0 Å². The first-order valence-electron chi connectivity index (χ1n) is 7.84. The Morgan fingerprint density at radius 3 is 2.92 bits per heavy atom. The van der Waals surface area contributed by atoms with Crippen LogP contribution in [0.2, 0.25) is 0 Å². The molecule has 0 atom stereocenters. The predicted molar refractivity (Wildman–Crippen MR) is 94.4 cm³/mol. The van der Waals surface area contributed by atoms with Gasteiger partial charge in [0, 0.05) is 28.7 Å². The van der Waals surface area contributed by atoms with Gasteiger partial charge in [-0.05, 0) is 41.8 Å². The van der Waals surface area contributed by atoms with Crippen molar-refractivity contribution < 1.29 is 9.18 Å². The molecule has 1 amide bonds. The summed E-state index contributed by atoms with van der Waals surface area (Å²) in [5, 5.41) is 6.63. The molecule has 1 aliphatic heterocycles. The summed E-state index contributed by atoms with van der Waals surface area (Å²) < 4.78 is 14.8. The Kier molecular flexibility index (Phi) is 4.09. The van der Waals surface area contributed by atoms with Crippen molar-refractivity contribution in [3.8, 4) is 11.4 Å². The second kappa shape index (κ2) is 6.40. The Morgan fingerprint density at radius 1 is 1.24 bits per heavy atom. The molecule has 4 rings (SSSR count). The molecule has 0 saturated heterocycles.